The number of ether oxygens (including phenoxy) is 1. The molecule has 0 radical (unpaired) electrons. The van der Waals surface area contributed by atoms with Crippen LogP contribution in [0.5, 0.6) is 0 Å². The van der Waals surface area contributed by atoms with E-state index in [0.717, 1.165) is 11.1 Å². The van der Waals surface area contributed by atoms with Crippen LogP contribution >= 0.6 is 11.8 Å². The van der Waals surface area contributed by atoms with Gasteiger partial charge >= 0.3 is 5.97 Å². The molecule has 0 saturated carbocycles. The standard InChI is InChI=1S/C12H10O3S/c1-8(13)15-6-11-10-5-3-2-4-9(10)7-16-12(11)14/h2-6H,7H2,1H3. The SMILES string of the molecule is CC(=O)OC=C1C(=O)SCc2ccccc21. The van der Waals surface area contributed by atoms with Crippen LogP contribution in [-0.2, 0) is 20.1 Å². The van der Waals surface area contributed by atoms with Crippen molar-refractivity contribution in [3.8, 4) is 0 Å². The second-order valence-corrected chi connectivity index (χ2v) is 4.32. The minimum absolute atomic E-state index is 0.0556. The van der Waals surface area contributed by atoms with Crippen LogP contribution in [0.1, 0.15) is 18.1 Å². The lowest BCUT2D eigenvalue weighted by Crippen LogP contribution is -2.08. The first kappa shape index (κ1) is 11.0. The number of thioether (sulfide) groups is 1. The molecule has 1 aromatic carbocycles. The Balaban J connectivity index is 2.40. The minimum Gasteiger partial charge on any atom is -0.434 e. The third kappa shape index (κ3) is 2.17. The molecule has 0 spiro atoms. The van der Waals surface area contributed by atoms with E-state index >= 15 is 0 Å². The number of carbonyl (C=O) groups excluding carboxylic acids is 2. The Hall–Kier alpha value is -1.55. The summed E-state index contributed by atoms with van der Waals surface area (Å²) in [5.74, 6) is 0.250. The maximum Gasteiger partial charge on any atom is 0.307 e. The summed E-state index contributed by atoms with van der Waals surface area (Å²) < 4.78 is 4.77. The second kappa shape index (κ2) is 4.53. The predicted molar refractivity (Wildman–Crippen MR) is 62.5 cm³/mol. The van der Waals surface area contributed by atoms with E-state index in [1.807, 2.05) is 24.3 Å². The Morgan fingerprint density at radius 1 is 1.44 bits per heavy atom. The zero-order chi connectivity index (χ0) is 11.5. The highest BCUT2D eigenvalue weighted by atomic mass is 32.2. The highest BCUT2D eigenvalue weighted by Gasteiger charge is 2.22. The van der Waals surface area contributed by atoms with Gasteiger partial charge in [0.2, 0.25) is 5.12 Å². The Labute approximate surface area is 97.5 Å². The van der Waals surface area contributed by atoms with Crippen LogP contribution in [0.25, 0.3) is 5.57 Å². The number of hydrogen-bond donors (Lipinski definition) is 0. The van der Waals surface area contributed by atoms with E-state index in [1.54, 1.807) is 0 Å². The fraction of sp³-hybridized carbons (Fsp3) is 0.167. The third-order valence-electron chi connectivity index (χ3n) is 2.23. The molecule has 1 aliphatic rings. The zero-order valence-electron chi connectivity index (χ0n) is 8.73. The van der Waals surface area contributed by atoms with Gasteiger partial charge in [-0.25, -0.2) is 0 Å². The number of rotatable bonds is 1. The minimum atomic E-state index is -0.423. The van der Waals surface area contributed by atoms with Gasteiger partial charge < -0.3 is 4.74 Å². The first-order valence-corrected chi connectivity index (χ1v) is 5.80. The second-order valence-electron chi connectivity index (χ2n) is 3.37. The van der Waals surface area contributed by atoms with Gasteiger partial charge in [-0.3, -0.25) is 9.59 Å². The van der Waals surface area contributed by atoms with E-state index in [9.17, 15) is 9.59 Å². The summed E-state index contributed by atoms with van der Waals surface area (Å²) in [5, 5.41) is -0.0556. The van der Waals surface area contributed by atoms with Crippen LogP contribution in [0.15, 0.2) is 30.5 Å². The van der Waals surface area contributed by atoms with Crippen molar-refractivity contribution in [3.05, 3.63) is 41.7 Å². The van der Waals surface area contributed by atoms with Gasteiger partial charge in [0.1, 0.15) is 6.26 Å². The van der Waals surface area contributed by atoms with Crippen LogP contribution in [0.4, 0.5) is 0 Å². The first-order chi connectivity index (χ1) is 7.68. The van der Waals surface area contributed by atoms with Crippen LogP contribution < -0.4 is 0 Å². The summed E-state index contributed by atoms with van der Waals surface area (Å²) in [6.07, 6.45) is 1.25. The van der Waals surface area contributed by atoms with Gasteiger partial charge in [-0.2, -0.15) is 0 Å². The third-order valence-corrected chi connectivity index (χ3v) is 3.17. The lowest BCUT2D eigenvalue weighted by molar-refractivity contribution is -0.135. The lowest BCUT2D eigenvalue weighted by atomic mass is 10.0. The van der Waals surface area contributed by atoms with E-state index in [0.29, 0.717) is 11.3 Å². The molecule has 0 saturated heterocycles. The molecule has 1 aromatic rings. The van der Waals surface area contributed by atoms with Crippen LogP contribution in [-0.4, -0.2) is 11.1 Å². The van der Waals surface area contributed by atoms with Crippen molar-refractivity contribution in [1.82, 2.24) is 0 Å². The molecule has 0 N–H and O–H groups in total. The largest absolute Gasteiger partial charge is 0.434 e. The van der Waals surface area contributed by atoms with Gasteiger partial charge in [-0.05, 0) is 11.1 Å². The topological polar surface area (TPSA) is 43.4 Å². The molecule has 82 valence electrons. The molecule has 16 heavy (non-hydrogen) atoms. The van der Waals surface area contributed by atoms with Crippen LogP contribution in [0.2, 0.25) is 0 Å². The number of hydrogen-bond acceptors (Lipinski definition) is 4. The van der Waals surface area contributed by atoms with Gasteiger partial charge in [0.05, 0.1) is 5.57 Å². The Morgan fingerprint density at radius 2 is 2.19 bits per heavy atom. The van der Waals surface area contributed by atoms with Crippen LogP contribution in [0, 0.1) is 0 Å². The van der Waals surface area contributed by atoms with Crippen molar-refractivity contribution < 1.29 is 14.3 Å². The van der Waals surface area contributed by atoms with E-state index < -0.39 is 5.97 Å². The summed E-state index contributed by atoms with van der Waals surface area (Å²) >= 11 is 1.22. The Morgan fingerprint density at radius 3 is 2.94 bits per heavy atom. The van der Waals surface area contributed by atoms with Gasteiger partial charge in [-0.1, -0.05) is 36.0 Å². The number of fused-ring (bicyclic) bond motifs is 1. The monoisotopic (exact) mass is 234 g/mol. The van der Waals surface area contributed by atoms with Crippen molar-refractivity contribution in [1.29, 1.82) is 0 Å². The number of benzene rings is 1. The van der Waals surface area contributed by atoms with Crippen molar-refractivity contribution >= 4 is 28.4 Å². The average molecular weight is 234 g/mol. The van der Waals surface area contributed by atoms with Crippen molar-refractivity contribution in [2.45, 2.75) is 12.7 Å². The highest BCUT2D eigenvalue weighted by Crippen LogP contribution is 2.33. The molecule has 0 unspecified atom stereocenters. The predicted octanol–water partition coefficient (Wildman–Crippen LogP) is 2.36. The van der Waals surface area contributed by atoms with Gasteiger partial charge in [0, 0.05) is 12.7 Å². The molecular weight excluding hydrogens is 224 g/mol. The van der Waals surface area contributed by atoms with Crippen molar-refractivity contribution in [2.24, 2.45) is 0 Å². The fourth-order valence-electron chi connectivity index (χ4n) is 1.49. The molecule has 0 atom stereocenters. The summed E-state index contributed by atoms with van der Waals surface area (Å²) in [6.45, 7) is 1.31. The van der Waals surface area contributed by atoms with E-state index in [4.69, 9.17) is 4.74 Å². The number of esters is 1. The molecule has 3 nitrogen and oxygen atoms in total. The van der Waals surface area contributed by atoms with Gasteiger partial charge in [0.25, 0.3) is 0 Å². The van der Waals surface area contributed by atoms with Crippen molar-refractivity contribution in [3.63, 3.8) is 0 Å². The zero-order valence-corrected chi connectivity index (χ0v) is 9.54. The van der Waals surface area contributed by atoms with E-state index in [2.05, 4.69) is 0 Å². The lowest BCUT2D eigenvalue weighted by Gasteiger charge is -2.16. The molecule has 4 heteroatoms. The molecular formula is C12H10O3S. The van der Waals surface area contributed by atoms with E-state index in [-0.39, 0.29) is 5.12 Å². The molecule has 2 rings (SSSR count). The summed E-state index contributed by atoms with van der Waals surface area (Å²) in [6, 6.07) is 7.63. The maximum absolute atomic E-state index is 11.7. The summed E-state index contributed by atoms with van der Waals surface area (Å²) in [7, 11) is 0. The summed E-state index contributed by atoms with van der Waals surface area (Å²) in [4.78, 5) is 22.4. The molecule has 0 fully saturated rings. The van der Waals surface area contributed by atoms with Crippen LogP contribution in [0.3, 0.4) is 0 Å². The molecule has 0 amide bonds. The molecule has 0 bridgehead atoms. The van der Waals surface area contributed by atoms with Crippen molar-refractivity contribution in [2.75, 3.05) is 0 Å². The maximum atomic E-state index is 11.7. The normalized spacial score (nSPS) is 17.1. The Kier molecular flexibility index (Phi) is 3.10. The van der Waals surface area contributed by atoms with E-state index in [1.165, 1.54) is 24.9 Å². The van der Waals surface area contributed by atoms with Gasteiger partial charge in [0.15, 0.2) is 0 Å². The molecule has 0 aliphatic carbocycles. The fourth-order valence-corrected chi connectivity index (χ4v) is 2.35. The molecule has 1 aliphatic heterocycles. The van der Waals surface area contributed by atoms with Gasteiger partial charge in [-0.15, -0.1) is 0 Å². The number of carbonyl (C=O) groups is 2. The first-order valence-electron chi connectivity index (χ1n) is 4.81. The molecule has 0 aromatic heterocycles. The Bertz CT molecular complexity index is 477. The highest BCUT2D eigenvalue weighted by molar-refractivity contribution is 8.14. The smallest absolute Gasteiger partial charge is 0.307 e. The quantitative estimate of drug-likeness (QED) is 0.425. The molecule has 1 heterocycles. The summed E-state index contributed by atoms with van der Waals surface area (Å²) in [5.41, 5.74) is 2.40. The average Bonchev–Trinajstić information content (AvgIpc) is 2.27.